The molecule has 1 amide bonds. The van der Waals surface area contributed by atoms with Crippen LogP contribution in [0.3, 0.4) is 0 Å². The second kappa shape index (κ2) is 7.76. The van der Waals surface area contributed by atoms with Gasteiger partial charge in [-0.25, -0.2) is 14.5 Å². The molecular formula is C22H26N8O. The topological polar surface area (TPSA) is 116 Å². The lowest BCUT2D eigenvalue weighted by Gasteiger charge is -2.31. The standard InChI is InChI=1S/C22H26N8O/c1-13-18(14(2)30-22(25-13)17(11-23)12-24-30)5-6-19(31)29-9-7-16(8-10-29)21-26-20(27-28-21)15-3-4-15/h12,15-16H,3-10H2,1-2H3,(H,26,27,28). The van der Waals surface area contributed by atoms with Gasteiger partial charge < -0.3 is 4.90 Å². The number of amides is 1. The number of hydrogen-bond acceptors (Lipinski definition) is 6. The van der Waals surface area contributed by atoms with Gasteiger partial charge >= 0.3 is 0 Å². The fourth-order valence-corrected chi connectivity index (χ4v) is 4.54. The van der Waals surface area contributed by atoms with Crippen LogP contribution < -0.4 is 0 Å². The summed E-state index contributed by atoms with van der Waals surface area (Å²) in [7, 11) is 0. The van der Waals surface area contributed by atoms with E-state index in [0.717, 1.165) is 54.5 Å². The van der Waals surface area contributed by atoms with E-state index in [2.05, 4.69) is 31.3 Å². The molecule has 0 aromatic carbocycles. The quantitative estimate of drug-likeness (QED) is 0.681. The van der Waals surface area contributed by atoms with E-state index < -0.39 is 0 Å². The average Bonchev–Trinajstić information content (AvgIpc) is 3.36. The molecule has 0 bridgehead atoms. The van der Waals surface area contributed by atoms with E-state index in [-0.39, 0.29) is 5.91 Å². The molecule has 4 heterocycles. The molecule has 3 aromatic heterocycles. The third-order valence-corrected chi connectivity index (χ3v) is 6.61. The fraction of sp³-hybridized carbons (Fsp3) is 0.545. The first-order chi connectivity index (χ1) is 15.0. The molecule has 1 saturated heterocycles. The van der Waals surface area contributed by atoms with E-state index >= 15 is 0 Å². The van der Waals surface area contributed by atoms with Crippen LogP contribution in [0, 0.1) is 25.2 Å². The Bertz CT molecular complexity index is 1170. The van der Waals surface area contributed by atoms with Crippen molar-refractivity contribution < 1.29 is 4.79 Å². The smallest absolute Gasteiger partial charge is 0.222 e. The molecule has 0 radical (unpaired) electrons. The molecule has 1 N–H and O–H groups in total. The van der Waals surface area contributed by atoms with Gasteiger partial charge in [0, 0.05) is 42.7 Å². The van der Waals surface area contributed by atoms with Gasteiger partial charge in [0.1, 0.15) is 17.5 Å². The first-order valence-corrected chi connectivity index (χ1v) is 11.0. The third-order valence-electron chi connectivity index (χ3n) is 6.61. The highest BCUT2D eigenvalue weighted by Crippen LogP contribution is 2.38. The van der Waals surface area contributed by atoms with E-state index in [4.69, 9.17) is 0 Å². The van der Waals surface area contributed by atoms with Crippen LogP contribution in [0.4, 0.5) is 0 Å². The van der Waals surface area contributed by atoms with Crippen molar-refractivity contribution in [3.63, 3.8) is 0 Å². The number of aryl methyl sites for hydroxylation is 2. The molecule has 0 atom stereocenters. The van der Waals surface area contributed by atoms with Crippen molar-refractivity contribution in [3.05, 3.63) is 40.4 Å². The lowest BCUT2D eigenvalue weighted by atomic mass is 9.95. The summed E-state index contributed by atoms with van der Waals surface area (Å²) >= 11 is 0. The Morgan fingerprint density at radius 3 is 2.68 bits per heavy atom. The Kier molecular flexibility index (Phi) is 4.93. The van der Waals surface area contributed by atoms with Gasteiger partial charge in [0.2, 0.25) is 5.91 Å². The molecular weight excluding hydrogens is 392 g/mol. The Labute approximate surface area is 180 Å². The van der Waals surface area contributed by atoms with Crippen LogP contribution in [0.25, 0.3) is 5.65 Å². The minimum Gasteiger partial charge on any atom is -0.343 e. The summed E-state index contributed by atoms with van der Waals surface area (Å²) in [6.45, 7) is 5.40. The third kappa shape index (κ3) is 3.67. The lowest BCUT2D eigenvalue weighted by Crippen LogP contribution is -2.38. The van der Waals surface area contributed by atoms with Crippen molar-refractivity contribution in [1.82, 2.24) is 34.7 Å². The van der Waals surface area contributed by atoms with Gasteiger partial charge in [-0.1, -0.05) is 0 Å². The number of likely N-dealkylation sites (tertiary alicyclic amines) is 1. The predicted octanol–water partition coefficient (Wildman–Crippen LogP) is 2.55. The molecule has 9 heteroatoms. The number of nitrogens with one attached hydrogen (secondary N) is 1. The number of nitrogens with zero attached hydrogens (tertiary/aromatic N) is 7. The monoisotopic (exact) mass is 418 g/mol. The Hall–Kier alpha value is -3.28. The van der Waals surface area contributed by atoms with Crippen LogP contribution in [0.2, 0.25) is 0 Å². The second-order valence-corrected chi connectivity index (χ2v) is 8.67. The number of carbonyl (C=O) groups excluding carboxylic acids is 1. The Morgan fingerprint density at radius 2 is 1.97 bits per heavy atom. The van der Waals surface area contributed by atoms with Gasteiger partial charge in [-0.3, -0.25) is 9.89 Å². The number of nitriles is 1. The number of carbonyl (C=O) groups is 1. The summed E-state index contributed by atoms with van der Waals surface area (Å²) in [6.07, 6.45) is 6.84. The zero-order chi connectivity index (χ0) is 21.5. The van der Waals surface area contributed by atoms with Crippen molar-refractivity contribution in [2.75, 3.05) is 13.1 Å². The lowest BCUT2D eigenvalue weighted by molar-refractivity contribution is -0.132. The first-order valence-electron chi connectivity index (χ1n) is 11.0. The van der Waals surface area contributed by atoms with Crippen LogP contribution in [0.1, 0.15) is 78.1 Å². The van der Waals surface area contributed by atoms with Gasteiger partial charge in [0.15, 0.2) is 11.5 Å². The molecule has 3 aromatic rings. The average molecular weight is 419 g/mol. The zero-order valence-corrected chi connectivity index (χ0v) is 17.9. The molecule has 5 rings (SSSR count). The highest BCUT2D eigenvalue weighted by molar-refractivity contribution is 5.76. The summed E-state index contributed by atoms with van der Waals surface area (Å²) in [6, 6.07) is 2.13. The minimum atomic E-state index is 0.173. The molecule has 31 heavy (non-hydrogen) atoms. The SMILES string of the molecule is Cc1nc2c(C#N)cnn2c(C)c1CCC(=O)N1CCC(c2nc(C3CC3)n[nH]2)CC1. The highest BCUT2D eigenvalue weighted by atomic mass is 16.2. The maximum absolute atomic E-state index is 12.9. The van der Waals surface area contributed by atoms with E-state index in [1.54, 1.807) is 4.52 Å². The molecule has 2 fully saturated rings. The predicted molar refractivity (Wildman–Crippen MR) is 112 cm³/mol. The number of fused-ring (bicyclic) bond motifs is 1. The summed E-state index contributed by atoms with van der Waals surface area (Å²) in [5.74, 6) is 3.03. The maximum Gasteiger partial charge on any atom is 0.222 e. The maximum atomic E-state index is 12.9. The van der Waals surface area contributed by atoms with Crippen molar-refractivity contribution in [1.29, 1.82) is 5.26 Å². The van der Waals surface area contributed by atoms with Gasteiger partial charge in [0.25, 0.3) is 0 Å². The van der Waals surface area contributed by atoms with Crippen LogP contribution >= 0.6 is 0 Å². The molecule has 2 aliphatic rings. The summed E-state index contributed by atoms with van der Waals surface area (Å²) in [5, 5.41) is 21.0. The van der Waals surface area contributed by atoms with E-state index in [9.17, 15) is 10.1 Å². The molecule has 1 aliphatic heterocycles. The number of piperidine rings is 1. The Morgan fingerprint density at radius 1 is 1.19 bits per heavy atom. The van der Waals surface area contributed by atoms with Crippen LogP contribution in [0.15, 0.2) is 6.20 Å². The highest BCUT2D eigenvalue weighted by Gasteiger charge is 2.30. The van der Waals surface area contributed by atoms with Gasteiger partial charge in [-0.15, -0.1) is 0 Å². The molecule has 9 nitrogen and oxygen atoms in total. The first kappa shape index (κ1) is 19.7. The van der Waals surface area contributed by atoms with Crippen molar-refractivity contribution in [2.24, 2.45) is 0 Å². The second-order valence-electron chi connectivity index (χ2n) is 8.67. The van der Waals surface area contributed by atoms with Gasteiger partial charge in [-0.2, -0.15) is 15.5 Å². The van der Waals surface area contributed by atoms with Crippen LogP contribution in [-0.4, -0.2) is 53.7 Å². The van der Waals surface area contributed by atoms with Crippen LogP contribution in [-0.2, 0) is 11.2 Å². The summed E-state index contributed by atoms with van der Waals surface area (Å²) in [5.41, 5.74) is 3.86. The molecule has 160 valence electrons. The van der Waals surface area contributed by atoms with Crippen molar-refractivity contribution in [2.45, 2.75) is 64.2 Å². The van der Waals surface area contributed by atoms with Crippen molar-refractivity contribution in [3.8, 4) is 6.07 Å². The molecule has 0 unspecified atom stereocenters. The fourth-order valence-electron chi connectivity index (χ4n) is 4.54. The number of rotatable bonds is 5. The Balaban J connectivity index is 1.20. The van der Waals surface area contributed by atoms with Gasteiger partial charge in [0.05, 0.1) is 6.20 Å². The van der Waals surface area contributed by atoms with E-state index in [1.807, 2.05) is 18.7 Å². The van der Waals surface area contributed by atoms with E-state index in [1.165, 1.54) is 19.0 Å². The summed E-state index contributed by atoms with van der Waals surface area (Å²) in [4.78, 5) is 24.1. The number of H-pyrrole nitrogens is 1. The molecule has 1 aliphatic carbocycles. The minimum absolute atomic E-state index is 0.173. The van der Waals surface area contributed by atoms with Gasteiger partial charge in [-0.05, 0) is 51.5 Å². The normalized spacial score (nSPS) is 17.3. The molecule has 0 spiro atoms. The number of aromatic amines is 1. The zero-order valence-electron chi connectivity index (χ0n) is 17.9. The van der Waals surface area contributed by atoms with E-state index in [0.29, 0.717) is 35.9 Å². The number of aromatic nitrogens is 6. The van der Waals surface area contributed by atoms with Crippen LogP contribution in [0.5, 0.6) is 0 Å². The number of hydrogen-bond donors (Lipinski definition) is 1. The summed E-state index contributed by atoms with van der Waals surface area (Å²) < 4.78 is 1.70. The largest absolute Gasteiger partial charge is 0.343 e. The molecule has 1 saturated carbocycles. The van der Waals surface area contributed by atoms with Crippen molar-refractivity contribution >= 4 is 11.6 Å².